The molecule has 2 heterocycles. The van der Waals surface area contributed by atoms with E-state index in [1.807, 2.05) is 60.7 Å². The van der Waals surface area contributed by atoms with Crippen molar-refractivity contribution in [2.24, 2.45) is 10.1 Å². The first-order chi connectivity index (χ1) is 18.1. The minimum absolute atomic E-state index is 0.0270. The number of amidine groups is 2. The Morgan fingerprint density at radius 1 is 0.946 bits per heavy atom. The second-order valence-corrected chi connectivity index (χ2v) is 9.76. The fraction of sp³-hybridized carbons (Fsp3) is 0.0345. The molecule has 0 atom stereocenters. The zero-order valence-corrected chi connectivity index (χ0v) is 21.0. The van der Waals surface area contributed by atoms with Crippen molar-refractivity contribution in [3.05, 3.63) is 118 Å². The Bertz CT molecular complexity index is 1660. The van der Waals surface area contributed by atoms with Crippen LogP contribution in [-0.4, -0.2) is 27.0 Å². The zero-order chi connectivity index (χ0) is 25.4. The number of hydrogen-bond acceptors (Lipinski definition) is 5. The average molecular weight is 523 g/mol. The summed E-state index contributed by atoms with van der Waals surface area (Å²) in [5, 5.41) is 18.3. The maximum atomic E-state index is 12.8. The second kappa shape index (κ2) is 9.69. The van der Waals surface area contributed by atoms with Crippen LogP contribution in [0.4, 0.5) is 0 Å². The Kier molecular flexibility index (Phi) is 6.08. The van der Waals surface area contributed by atoms with E-state index in [1.165, 1.54) is 27.5 Å². The molecule has 6 rings (SSSR count). The summed E-state index contributed by atoms with van der Waals surface area (Å²) < 4.78 is 6.02. The van der Waals surface area contributed by atoms with Gasteiger partial charge in [-0.25, -0.2) is 0 Å². The van der Waals surface area contributed by atoms with Gasteiger partial charge in [-0.15, -0.1) is 0 Å². The van der Waals surface area contributed by atoms with E-state index in [-0.39, 0.29) is 11.4 Å². The molecule has 0 saturated carbocycles. The number of amides is 1. The predicted molar refractivity (Wildman–Crippen MR) is 150 cm³/mol. The molecule has 0 spiro atoms. The van der Waals surface area contributed by atoms with Crippen LogP contribution in [0.25, 0.3) is 16.8 Å². The van der Waals surface area contributed by atoms with Gasteiger partial charge in [-0.05, 0) is 57.9 Å². The van der Waals surface area contributed by atoms with Crippen molar-refractivity contribution in [1.82, 2.24) is 5.01 Å². The van der Waals surface area contributed by atoms with Crippen molar-refractivity contribution in [2.75, 3.05) is 0 Å². The van der Waals surface area contributed by atoms with E-state index in [4.69, 9.17) is 21.7 Å². The number of nitrogens with zero attached hydrogens (tertiary/aromatic N) is 3. The highest BCUT2D eigenvalue weighted by Crippen LogP contribution is 2.33. The van der Waals surface area contributed by atoms with Gasteiger partial charge in [0.2, 0.25) is 5.17 Å². The van der Waals surface area contributed by atoms with Crippen molar-refractivity contribution in [1.29, 1.82) is 5.41 Å². The summed E-state index contributed by atoms with van der Waals surface area (Å²) in [5.74, 6) is 0.210. The Balaban J connectivity index is 1.19. The van der Waals surface area contributed by atoms with Gasteiger partial charge in [0, 0.05) is 5.56 Å². The van der Waals surface area contributed by atoms with Crippen molar-refractivity contribution in [2.45, 2.75) is 6.61 Å². The summed E-state index contributed by atoms with van der Waals surface area (Å²) in [6.07, 6.45) is 1.65. The Hall–Kier alpha value is -4.20. The molecular formula is C29H19ClN4O2S. The number of carbonyl (C=O) groups excluding carboxylic acids is 1. The number of halogens is 1. The third kappa shape index (κ3) is 4.55. The molecule has 2 aliphatic rings. The van der Waals surface area contributed by atoms with Crippen molar-refractivity contribution in [3.8, 4) is 5.75 Å². The molecule has 0 unspecified atom stereocenters. The molecule has 0 bridgehead atoms. The van der Waals surface area contributed by atoms with Gasteiger partial charge in [0.05, 0.1) is 10.6 Å². The largest absolute Gasteiger partial charge is 0.489 e. The number of hydrazone groups is 1. The maximum Gasteiger partial charge on any atom is 0.283 e. The molecule has 37 heavy (non-hydrogen) atoms. The van der Waals surface area contributed by atoms with E-state index in [0.717, 1.165) is 16.7 Å². The van der Waals surface area contributed by atoms with Crippen molar-refractivity contribution >= 4 is 62.2 Å². The molecule has 2 aliphatic heterocycles. The van der Waals surface area contributed by atoms with Crippen LogP contribution in [0.2, 0.25) is 5.02 Å². The fourth-order valence-corrected chi connectivity index (χ4v) is 5.35. The van der Waals surface area contributed by atoms with Crippen LogP contribution >= 0.6 is 23.4 Å². The zero-order valence-electron chi connectivity index (χ0n) is 19.4. The number of thioether (sulfide) groups is 1. The van der Waals surface area contributed by atoms with Gasteiger partial charge >= 0.3 is 0 Å². The highest BCUT2D eigenvalue weighted by Gasteiger charge is 2.36. The van der Waals surface area contributed by atoms with Crippen LogP contribution in [0.5, 0.6) is 5.75 Å². The molecule has 1 N–H and O–H groups in total. The van der Waals surface area contributed by atoms with E-state index in [1.54, 1.807) is 12.1 Å². The van der Waals surface area contributed by atoms with Crippen LogP contribution in [0.3, 0.4) is 0 Å². The Morgan fingerprint density at radius 2 is 1.70 bits per heavy atom. The van der Waals surface area contributed by atoms with Gasteiger partial charge in [0.1, 0.15) is 17.4 Å². The molecule has 1 amide bonds. The minimum Gasteiger partial charge on any atom is -0.489 e. The number of hydrogen-bond donors (Lipinski definition) is 1. The molecule has 0 aliphatic carbocycles. The van der Waals surface area contributed by atoms with Gasteiger partial charge in [-0.2, -0.15) is 15.1 Å². The number of benzene rings is 4. The summed E-state index contributed by atoms with van der Waals surface area (Å²) in [7, 11) is 0. The SMILES string of the molecule is N=C1/C(=C\c2ccc(OCc3cccc4ccccc34)cc2)C(=O)N=C2SC(c3ccccc3Cl)=NN12. The van der Waals surface area contributed by atoms with Gasteiger partial charge in [0.15, 0.2) is 5.84 Å². The van der Waals surface area contributed by atoms with Gasteiger partial charge in [-0.1, -0.05) is 84.4 Å². The number of ether oxygens (including phenoxy) is 1. The highest BCUT2D eigenvalue weighted by atomic mass is 35.5. The molecular weight excluding hydrogens is 504 g/mol. The van der Waals surface area contributed by atoms with Crippen molar-refractivity contribution in [3.63, 3.8) is 0 Å². The lowest BCUT2D eigenvalue weighted by molar-refractivity contribution is -0.114. The molecule has 0 saturated heterocycles. The van der Waals surface area contributed by atoms with E-state index in [2.05, 4.69) is 34.4 Å². The molecule has 4 aromatic carbocycles. The maximum absolute atomic E-state index is 12.8. The Morgan fingerprint density at radius 3 is 2.54 bits per heavy atom. The number of carbonyl (C=O) groups is 1. The normalized spacial score (nSPS) is 16.1. The van der Waals surface area contributed by atoms with E-state index >= 15 is 0 Å². The van der Waals surface area contributed by atoms with Gasteiger partial charge in [-0.3, -0.25) is 10.2 Å². The van der Waals surface area contributed by atoms with Crippen LogP contribution in [-0.2, 0) is 11.4 Å². The molecule has 0 fully saturated rings. The predicted octanol–water partition coefficient (Wildman–Crippen LogP) is 6.74. The fourth-order valence-electron chi connectivity index (χ4n) is 4.14. The van der Waals surface area contributed by atoms with Crippen LogP contribution in [0.1, 0.15) is 16.7 Å². The first-order valence-corrected chi connectivity index (χ1v) is 12.7. The van der Waals surface area contributed by atoms with E-state index in [9.17, 15) is 4.79 Å². The molecule has 0 radical (unpaired) electrons. The molecule has 0 aromatic heterocycles. The summed E-state index contributed by atoms with van der Waals surface area (Å²) >= 11 is 7.52. The standard InChI is InChI=1S/C29H19ClN4O2S/c30-25-11-4-3-10-23(25)28-33-34-26(31)24(27(35)32-29(34)37-28)16-18-12-14-21(15-13-18)36-17-20-8-5-7-19-6-1-2-9-22(19)20/h1-16,31H,17H2/b24-16+,31-26?. The van der Waals surface area contributed by atoms with Gasteiger partial charge < -0.3 is 4.74 Å². The first kappa shape index (κ1) is 23.2. The van der Waals surface area contributed by atoms with Crippen LogP contribution < -0.4 is 4.74 Å². The summed E-state index contributed by atoms with van der Waals surface area (Å²) in [6, 6.07) is 29.1. The quantitative estimate of drug-likeness (QED) is 0.294. The minimum atomic E-state index is -0.476. The molecule has 4 aromatic rings. The smallest absolute Gasteiger partial charge is 0.283 e. The number of rotatable bonds is 5. The third-order valence-electron chi connectivity index (χ3n) is 6.02. The van der Waals surface area contributed by atoms with Crippen LogP contribution in [0, 0.1) is 5.41 Å². The third-order valence-corrected chi connectivity index (χ3v) is 7.30. The summed E-state index contributed by atoms with van der Waals surface area (Å²) in [6.45, 7) is 0.445. The molecule has 8 heteroatoms. The first-order valence-electron chi connectivity index (χ1n) is 11.5. The summed E-state index contributed by atoms with van der Waals surface area (Å²) in [5.41, 5.74) is 2.76. The van der Waals surface area contributed by atoms with E-state index < -0.39 is 5.91 Å². The lowest BCUT2D eigenvalue weighted by Crippen LogP contribution is -2.35. The average Bonchev–Trinajstić information content (AvgIpc) is 3.34. The lowest BCUT2D eigenvalue weighted by atomic mass is 10.1. The van der Waals surface area contributed by atoms with Gasteiger partial charge in [0.25, 0.3) is 5.91 Å². The Labute approximate surface area is 222 Å². The summed E-state index contributed by atoms with van der Waals surface area (Å²) in [4.78, 5) is 16.9. The highest BCUT2D eigenvalue weighted by molar-refractivity contribution is 8.27. The number of aliphatic imine (C=N–C) groups is 1. The number of nitrogens with one attached hydrogen (secondary N) is 1. The van der Waals surface area contributed by atoms with Crippen LogP contribution in [0.15, 0.2) is 107 Å². The van der Waals surface area contributed by atoms with E-state index in [0.29, 0.717) is 27.6 Å². The lowest BCUT2D eigenvalue weighted by Gasteiger charge is -2.20. The number of fused-ring (bicyclic) bond motifs is 2. The molecule has 180 valence electrons. The second-order valence-electron chi connectivity index (χ2n) is 8.40. The monoisotopic (exact) mass is 522 g/mol. The van der Waals surface area contributed by atoms with Crippen molar-refractivity contribution < 1.29 is 9.53 Å². The molecule has 6 nitrogen and oxygen atoms in total. The topological polar surface area (TPSA) is 78.1 Å².